The first kappa shape index (κ1) is 16.0. The van der Waals surface area contributed by atoms with E-state index in [1.807, 2.05) is 19.1 Å². The fourth-order valence-electron chi connectivity index (χ4n) is 2.81. The third-order valence-electron chi connectivity index (χ3n) is 4.07. The van der Waals surface area contributed by atoms with E-state index in [2.05, 4.69) is 15.6 Å². The van der Waals surface area contributed by atoms with Crippen LogP contribution in [0, 0.1) is 6.92 Å². The Morgan fingerprint density at radius 2 is 1.95 bits per heavy atom. The molecule has 0 aromatic carbocycles. The highest BCUT2D eigenvalue weighted by atomic mass is 16.1. The lowest BCUT2D eigenvalue weighted by atomic mass is 10.1. The normalized spacial score (nSPS) is 16.4. The fraction of sp³-hybridized carbons (Fsp3) is 0.647. The third-order valence-corrected chi connectivity index (χ3v) is 4.07. The maximum absolute atomic E-state index is 11.8. The second-order valence-corrected chi connectivity index (χ2v) is 5.98. The predicted molar refractivity (Wildman–Crippen MR) is 85.2 cm³/mol. The largest absolute Gasteiger partial charge is 0.355 e. The van der Waals surface area contributed by atoms with Crippen LogP contribution in [-0.2, 0) is 11.2 Å². The monoisotopic (exact) mass is 289 g/mol. The van der Waals surface area contributed by atoms with E-state index in [0.717, 1.165) is 17.8 Å². The van der Waals surface area contributed by atoms with Crippen LogP contribution in [0.2, 0.25) is 0 Å². The number of nitrogens with zero attached hydrogens (tertiary/aromatic N) is 1. The van der Waals surface area contributed by atoms with Gasteiger partial charge in [0, 0.05) is 31.0 Å². The molecule has 21 heavy (non-hydrogen) atoms. The van der Waals surface area contributed by atoms with Crippen LogP contribution in [0.5, 0.6) is 0 Å². The van der Waals surface area contributed by atoms with Gasteiger partial charge in [-0.1, -0.05) is 31.7 Å². The summed E-state index contributed by atoms with van der Waals surface area (Å²) in [6.45, 7) is 3.51. The van der Waals surface area contributed by atoms with Gasteiger partial charge in [-0.05, 0) is 31.4 Å². The van der Waals surface area contributed by atoms with Crippen LogP contribution < -0.4 is 10.6 Å². The van der Waals surface area contributed by atoms with Crippen molar-refractivity contribution in [3.63, 3.8) is 0 Å². The molecule has 1 aromatic rings. The maximum Gasteiger partial charge on any atom is 0.224 e. The van der Waals surface area contributed by atoms with Crippen LogP contribution in [0.4, 0.5) is 0 Å². The fourth-order valence-corrected chi connectivity index (χ4v) is 2.81. The second-order valence-electron chi connectivity index (χ2n) is 5.98. The first-order chi connectivity index (χ1) is 10.2. The summed E-state index contributed by atoms with van der Waals surface area (Å²) in [5, 5.41) is 6.53. The summed E-state index contributed by atoms with van der Waals surface area (Å²) in [7, 11) is 0. The molecule has 1 fully saturated rings. The Balaban J connectivity index is 1.59. The summed E-state index contributed by atoms with van der Waals surface area (Å²) in [4.78, 5) is 16.0. The molecule has 1 saturated carbocycles. The van der Waals surface area contributed by atoms with Gasteiger partial charge in [0.25, 0.3) is 0 Å². The molecule has 1 heterocycles. The molecule has 0 atom stereocenters. The molecule has 0 bridgehead atoms. The van der Waals surface area contributed by atoms with Gasteiger partial charge >= 0.3 is 0 Å². The SMILES string of the molecule is Cc1ccc(CC(=O)NCCNC2CCCCCC2)cn1. The Kier molecular flexibility index (Phi) is 6.67. The Morgan fingerprint density at radius 1 is 1.19 bits per heavy atom. The number of aryl methyl sites for hydroxylation is 1. The molecule has 1 amide bonds. The van der Waals surface area contributed by atoms with Gasteiger partial charge in [-0.3, -0.25) is 9.78 Å². The zero-order valence-electron chi connectivity index (χ0n) is 13.0. The molecular weight excluding hydrogens is 262 g/mol. The van der Waals surface area contributed by atoms with Crippen LogP contribution in [0.25, 0.3) is 0 Å². The number of rotatable bonds is 6. The quantitative estimate of drug-likeness (QED) is 0.624. The lowest BCUT2D eigenvalue weighted by Crippen LogP contribution is -2.37. The lowest BCUT2D eigenvalue weighted by molar-refractivity contribution is -0.120. The van der Waals surface area contributed by atoms with Crippen LogP contribution in [0.1, 0.15) is 49.8 Å². The molecule has 1 aliphatic rings. The summed E-state index contributed by atoms with van der Waals surface area (Å²) in [5.41, 5.74) is 1.95. The molecule has 4 heteroatoms. The van der Waals surface area contributed by atoms with Crippen molar-refractivity contribution in [1.82, 2.24) is 15.6 Å². The average Bonchev–Trinajstić information content (AvgIpc) is 2.75. The molecule has 0 aliphatic heterocycles. The topological polar surface area (TPSA) is 54.0 Å². The number of aromatic nitrogens is 1. The van der Waals surface area contributed by atoms with Crippen LogP contribution in [-0.4, -0.2) is 30.0 Å². The number of carbonyl (C=O) groups excluding carboxylic acids is 1. The van der Waals surface area contributed by atoms with Crippen LogP contribution in [0.15, 0.2) is 18.3 Å². The predicted octanol–water partition coefficient (Wildman–Crippen LogP) is 2.36. The number of nitrogens with one attached hydrogen (secondary N) is 2. The van der Waals surface area contributed by atoms with Crippen LogP contribution in [0.3, 0.4) is 0 Å². The van der Waals surface area contributed by atoms with Crippen molar-refractivity contribution in [2.24, 2.45) is 0 Å². The third kappa shape index (κ3) is 6.25. The first-order valence-electron chi connectivity index (χ1n) is 8.15. The lowest BCUT2D eigenvalue weighted by Gasteiger charge is -2.16. The first-order valence-corrected chi connectivity index (χ1v) is 8.15. The van der Waals surface area contributed by atoms with E-state index < -0.39 is 0 Å². The van der Waals surface area contributed by atoms with Crippen molar-refractivity contribution in [3.05, 3.63) is 29.6 Å². The van der Waals surface area contributed by atoms with E-state index in [-0.39, 0.29) is 5.91 Å². The van der Waals surface area contributed by atoms with Crippen molar-refractivity contribution in [2.45, 2.75) is 57.9 Å². The van der Waals surface area contributed by atoms with Gasteiger partial charge in [0.2, 0.25) is 5.91 Å². The van der Waals surface area contributed by atoms with E-state index in [1.165, 1.54) is 38.5 Å². The summed E-state index contributed by atoms with van der Waals surface area (Å²) in [5.74, 6) is 0.0725. The smallest absolute Gasteiger partial charge is 0.224 e. The molecule has 4 nitrogen and oxygen atoms in total. The molecule has 0 saturated heterocycles. The molecule has 2 N–H and O–H groups in total. The highest BCUT2D eigenvalue weighted by Crippen LogP contribution is 2.16. The van der Waals surface area contributed by atoms with Gasteiger partial charge in [0.15, 0.2) is 0 Å². The van der Waals surface area contributed by atoms with Crippen molar-refractivity contribution in [1.29, 1.82) is 0 Å². The summed E-state index contributed by atoms with van der Waals surface area (Å²) >= 11 is 0. The standard InChI is InChI=1S/C17H27N3O/c1-14-8-9-15(13-20-14)12-17(21)19-11-10-18-16-6-4-2-3-5-7-16/h8-9,13,16,18H,2-7,10-12H2,1H3,(H,19,21). The van der Waals surface area contributed by atoms with Crippen molar-refractivity contribution in [3.8, 4) is 0 Å². The van der Waals surface area contributed by atoms with Crippen molar-refractivity contribution < 1.29 is 4.79 Å². The van der Waals surface area contributed by atoms with E-state index in [1.54, 1.807) is 6.20 Å². The second kappa shape index (κ2) is 8.78. The molecule has 116 valence electrons. The van der Waals surface area contributed by atoms with Gasteiger partial charge in [0.05, 0.1) is 6.42 Å². The molecule has 2 rings (SSSR count). The van der Waals surface area contributed by atoms with Gasteiger partial charge in [-0.25, -0.2) is 0 Å². The molecular formula is C17H27N3O. The van der Waals surface area contributed by atoms with E-state index in [9.17, 15) is 4.79 Å². The van der Waals surface area contributed by atoms with E-state index >= 15 is 0 Å². The Bertz CT molecular complexity index is 422. The highest BCUT2D eigenvalue weighted by molar-refractivity contribution is 5.78. The minimum Gasteiger partial charge on any atom is -0.355 e. The Labute approximate surface area is 127 Å². The minimum absolute atomic E-state index is 0.0725. The van der Waals surface area contributed by atoms with E-state index in [4.69, 9.17) is 0 Å². The number of pyridine rings is 1. The highest BCUT2D eigenvalue weighted by Gasteiger charge is 2.11. The number of hydrogen-bond donors (Lipinski definition) is 2. The van der Waals surface area contributed by atoms with Gasteiger partial charge in [-0.15, -0.1) is 0 Å². The molecule has 1 aliphatic carbocycles. The molecule has 0 radical (unpaired) electrons. The number of amides is 1. The van der Waals surface area contributed by atoms with Crippen LogP contribution >= 0.6 is 0 Å². The molecule has 1 aromatic heterocycles. The number of carbonyl (C=O) groups is 1. The summed E-state index contributed by atoms with van der Waals surface area (Å²) < 4.78 is 0. The minimum atomic E-state index is 0.0725. The van der Waals surface area contributed by atoms with Gasteiger partial charge in [-0.2, -0.15) is 0 Å². The Hall–Kier alpha value is -1.42. The zero-order valence-corrected chi connectivity index (χ0v) is 13.0. The summed E-state index contributed by atoms with van der Waals surface area (Å²) in [6.07, 6.45) is 10.2. The molecule has 0 unspecified atom stereocenters. The summed E-state index contributed by atoms with van der Waals surface area (Å²) in [6, 6.07) is 4.55. The zero-order chi connectivity index (χ0) is 14.9. The van der Waals surface area contributed by atoms with E-state index in [0.29, 0.717) is 19.0 Å². The van der Waals surface area contributed by atoms with Crippen molar-refractivity contribution in [2.75, 3.05) is 13.1 Å². The van der Waals surface area contributed by atoms with Gasteiger partial charge < -0.3 is 10.6 Å². The number of hydrogen-bond acceptors (Lipinski definition) is 3. The van der Waals surface area contributed by atoms with Gasteiger partial charge in [0.1, 0.15) is 0 Å². The average molecular weight is 289 g/mol. The Morgan fingerprint density at radius 3 is 2.62 bits per heavy atom. The van der Waals surface area contributed by atoms with Crippen molar-refractivity contribution >= 4 is 5.91 Å². The molecule has 0 spiro atoms. The maximum atomic E-state index is 11.8.